The molecule has 0 aromatic heterocycles. The molecule has 21 heavy (non-hydrogen) atoms. The van der Waals surface area contributed by atoms with E-state index in [9.17, 15) is 27.6 Å². The molecule has 2 atom stereocenters. The fourth-order valence-electron chi connectivity index (χ4n) is 1.13. The lowest BCUT2D eigenvalue weighted by atomic mass is 10.1. The van der Waals surface area contributed by atoms with Crippen molar-refractivity contribution in [1.29, 1.82) is 0 Å². The summed E-state index contributed by atoms with van der Waals surface area (Å²) in [5.41, 5.74) is 5.32. The molecule has 1 saturated heterocycles. The summed E-state index contributed by atoms with van der Waals surface area (Å²) in [5, 5.41) is 11.7. The maximum absolute atomic E-state index is 11.2. The third-order valence-electron chi connectivity index (χ3n) is 2.21. The average Bonchev–Trinajstić information content (AvgIpc) is 2.32. The first-order valence-corrected chi connectivity index (χ1v) is 5.65. The monoisotopic (exact) mass is 313 g/mol. The van der Waals surface area contributed by atoms with Crippen LogP contribution in [0.2, 0.25) is 0 Å². The molecule has 0 bridgehead atoms. The first-order chi connectivity index (χ1) is 9.45. The molecule has 0 saturated carbocycles. The highest BCUT2D eigenvalue weighted by Crippen LogP contribution is 2.13. The molecule has 1 fully saturated rings. The summed E-state index contributed by atoms with van der Waals surface area (Å²) in [4.78, 5) is 42.0. The van der Waals surface area contributed by atoms with Gasteiger partial charge in [-0.25, -0.2) is 4.79 Å². The van der Waals surface area contributed by atoms with Gasteiger partial charge in [-0.3, -0.25) is 19.7 Å². The van der Waals surface area contributed by atoms with Gasteiger partial charge in [0.25, 0.3) is 0 Å². The standard InChI is InChI=1S/C8H13N3O3.C2HF3O2/c1-4(9)7(13)10-5-2-3-6(12)11-8(5)14;3-2(4,5)1(6)7/h4-5H,2-3,9H2,1H3,(H,10,13)(H,11,12,14);(H,6,7). The quantitative estimate of drug-likeness (QED) is 0.477. The van der Waals surface area contributed by atoms with E-state index in [1.165, 1.54) is 6.92 Å². The first kappa shape index (κ1) is 18.8. The molecule has 3 amide bonds. The number of carboxylic acid groups (broad SMARTS) is 1. The molecule has 5 N–H and O–H groups in total. The largest absolute Gasteiger partial charge is 0.490 e. The number of imide groups is 1. The molecule has 0 aromatic rings. The minimum Gasteiger partial charge on any atom is -0.475 e. The first-order valence-electron chi connectivity index (χ1n) is 5.65. The molecule has 120 valence electrons. The number of nitrogens with two attached hydrogens (primary N) is 1. The van der Waals surface area contributed by atoms with Crippen LogP contribution < -0.4 is 16.4 Å². The minimum atomic E-state index is -5.08. The Hall–Kier alpha value is -2.17. The lowest BCUT2D eigenvalue weighted by Gasteiger charge is -2.22. The van der Waals surface area contributed by atoms with E-state index in [-0.39, 0.29) is 18.2 Å². The van der Waals surface area contributed by atoms with Gasteiger partial charge in [-0.15, -0.1) is 0 Å². The highest BCUT2D eigenvalue weighted by Gasteiger charge is 2.38. The number of carbonyl (C=O) groups is 4. The number of aliphatic carboxylic acids is 1. The van der Waals surface area contributed by atoms with E-state index in [4.69, 9.17) is 15.6 Å². The maximum Gasteiger partial charge on any atom is 0.490 e. The summed E-state index contributed by atoms with van der Waals surface area (Å²) < 4.78 is 31.7. The third kappa shape index (κ3) is 7.25. The van der Waals surface area contributed by atoms with Crippen LogP contribution in [0.25, 0.3) is 0 Å². The fourth-order valence-corrected chi connectivity index (χ4v) is 1.13. The minimum absolute atomic E-state index is 0.246. The van der Waals surface area contributed by atoms with Crippen molar-refractivity contribution in [3.8, 4) is 0 Å². The van der Waals surface area contributed by atoms with Crippen LogP contribution in [-0.2, 0) is 19.2 Å². The van der Waals surface area contributed by atoms with E-state index < -0.39 is 30.1 Å². The Labute approximate surface area is 116 Å². The maximum atomic E-state index is 11.2. The molecule has 1 rings (SSSR count). The molecular weight excluding hydrogens is 299 g/mol. The molecular formula is C10H14F3N3O5. The number of nitrogens with one attached hydrogen (secondary N) is 2. The van der Waals surface area contributed by atoms with Crippen LogP contribution in [0.3, 0.4) is 0 Å². The van der Waals surface area contributed by atoms with Crippen molar-refractivity contribution in [3.05, 3.63) is 0 Å². The fraction of sp³-hybridized carbons (Fsp3) is 0.600. The van der Waals surface area contributed by atoms with E-state index in [2.05, 4.69) is 10.6 Å². The number of hydrogen-bond donors (Lipinski definition) is 4. The predicted molar refractivity (Wildman–Crippen MR) is 61.7 cm³/mol. The van der Waals surface area contributed by atoms with Gasteiger partial charge in [0, 0.05) is 6.42 Å². The van der Waals surface area contributed by atoms with Crippen molar-refractivity contribution in [1.82, 2.24) is 10.6 Å². The predicted octanol–water partition coefficient (Wildman–Crippen LogP) is -1.11. The van der Waals surface area contributed by atoms with Crippen LogP contribution in [0.4, 0.5) is 13.2 Å². The van der Waals surface area contributed by atoms with Gasteiger partial charge >= 0.3 is 12.1 Å². The Kier molecular flexibility index (Phi) is 6.79. The summed E-state index contributed by atoms with van der Waals surface area (Å²) >= 11 is 0. The average molecular weight is 313 g/mol. The zero-order valence-corrected chi connectivity index (χ0v) is 10.9. The van der Waals surface area contributed by atoms with Gasteiger partial charge in [0.15, 0.2) is 0 Å². The van der Waals surface area contributed by atoms with Crippen molar-refractivity contribution >= 4 is 23.7 Å². The second kappa shape index (κ2) is 7.57. The third-order valence-corrected chi connectivity index (χ3v) is 2.21. The van der Waals surface area contributed by atoms with Gasteiger partial charge in [-0.05, 0) is 13.3 Å². The van der Waals surface area contributed by atoms with Crippen LogP contribution in [0.1, 0.15) is 19.8 Å². The van der Waals surface area contributed by atoms with E-state index in [0.717, 1.165) is 0 Å². The van der Waals surface area contributed by atoms with E-state index in [0.29, 0.717) is 6.42 Å². The normalized spacial score (nSPS) is 19.8. The van der Waals surface area contributed by atoms with E-state index >= 15 is 0 Å². The Bertz CT molecular complexity index is 436. The van der Waals surface area contributed by atoms with E-state index in [1.54, 1.807) is 0 Å². The molecule has 1 heterocycles. The second-order valence-corrected chi connectivity index (χ2v) is 4.10. The van der Waals surface area contributed by atoms with Crippen molar-refractivity contribution in [3.63, 3.8) is 0 Å². The second-order valence-electron chi connectivity index (χ2n) is 4.10. The summed E-state index contributed by atoms with van der Waals surface area (Å²) in [7, 11) is 0. The topological polar surface area (TPSA) is 139 Å². The molecule has 8 nitrogen and oxygen atoms in total. The summed E-state index contributed by atoms with van der Waals surface area (Å²) in [5.74, 6) is -3.91. The number of carboxylic acids is 1. The number of halogens is 3. The van der Waals surface area contributed by atoms with Crippen molar-refractivity contribution < 1.29 is 37.5 Å². The zero-order chi connectivity index (χ0) is 16.8. The molecule has 1 aliphatic rings. The molecule has 2 unspecified atom stereocenters. The van der Waals surface area contributed by atoms with Crippen LogP contribution in [0.15, 0.2) is 0 Å². The smallest absolute Gasteiger partial charge is 0.475 e. The number of amides is 3. The zero-order valence-electron chi connectivity index (χ0n) is 10.9. The molecule has 0 aromatic carbocycles. The van der Waals surface area contributed by atoms with Crippen LogP contribution >= 0.6 is 0 Å². The summed E-state index contributed by atoms with van der Waals surface area (Å²) in [6.45, 7) is 1.53. The highest BCUT2D eigenvalue weighted by atomic mass is 19.4. The lowest BCUT2D eigenvalue weighted by molar-refractivity contribution is -0.192. The van der Waals surface area contributed by atoms with Gasteiger partial charge in [0.05, 0.1) is 6.04 Å². The van der Waals surface area contributed by atoms with Gasteiger partial charge < -0.3 is 16.2 Å². The molecule has 1 aliphatic heterocycles. The van der Waals surface area contributed by atoms with E-state index in [1.807, 2.05) is 0 Å². The van der Waals surface area contributed by atoms with Gasteiger partial charge in [-0.1, -0.05) is 0 Å². The number of piperidine rings is 1. The summed E-state index contributed by atoms with van der Waals surface area (Å²) in [6, 6.07) is -1.29. The van der Waals surface area contributed by atoms with Crippen LogP contribution in [0, 0.1) is 0 Å². The van der Waals surface area contributed by atoms with Crippen LogP contribution in [0.5, 0.6) is 0 Å². The van der Waals surface area contributed by atoms with Crippen molar-refractivity contribution in [2.75, 3.05) is 0 Å². The Morgan fingerprint density at radius 2 is 1.90 bits per heavy atom. The lowest BCUT2D eigenvalue weighted by Crippen LogP contribution is -2.54. The highest BCUT2D eigenvalue weighted by molar-refractivity contribution is 6.01. The Morgan fingerprint density at radius 3 is 2.24 bits per heavy atom. The number of hydrogen-bond acceptors (Lipinski definition) is 5. The molecule has 11 heteroatoms. The molecule has 0 aliphatic carbocycles. The number of carbonyl (C=O) groups excluding carboxylic acids is 3. The number of alkyl halides is 3. The Balaban J connectivity index is 0.000000486. The SMILES string of the molecule is CC(N)C(=O)NC1CCC(=O)NC1=O.O=C(O)C(F)(F)F. The Morgan fingerprint density at radius 1 is 1.43 bits per heavy atom. The molecule has 0 radical (unpaired) electrons. The van der Waals surface area contributed by atoms with Crippen LogP contribution in [-0.4, -0.2) is 47.1 Å². The van der Waals surface area contributed by atoms with Gasteiger partial charge in [0.1, 0.15) is 6.04 Å². The van der Waals surface area contributed by atoms with Crippen molar-refractivity contribution in [2.45, 2.75) is 38.0 Å². The number of rotatable bonds is 2. The summed E-state index contributed by atoms with van der Waals surface area (Å²) in [6.07, 6.45) is -4.50. The van der Waals surface area contributed by atoms with Gasteiger partial charge in [0.2, 0.25) is 17.7 Å². The molecule has 0 spiro atoms. The van der Waals surface area contributed by atoms with Gasteiger partial charge in [-0.2, -0.15) is 13.2 Å². The van der Waals surface area contributed by atoms with Crippen molar-refractivity contribution in [2.24, 2.45) is 5.73 Å².